The number of Topliss-reactive ketones (excluding diaryl/α,β-unsaturated/α-hetero) is 1. The molecule has 10 nitrogen and oxygen atoms in total. The van der Waals surface area contributed by atoms with Gasteiger partial charge in [0.1, 0.15) is 0 Å². The standard InChI is InChI=1S/C20H24N4O6/c1-2-3-4-8-22-20(30)24-23-11-14(17(25)19(28)29)16(18(26)27)13-5-6-15-12(10-13)7-9-21-15/h5-7,9-11,14,16,21H,2-4,8H2,1H3,(H,26,27)(H,28,29)(H2,22,24,30). The Hall–Kier alpha value is -3.69. The Kier molecular flexibility index (Phi) is 8.09. The molecule has 0 aliphatic heterocycles. The number of benzene rings is 1. The summed E-state index contributed by atoms with van der Waals surface area (Å²) >= 11 is 0. The van der Waals surface area contributed by atoms with Gasteiger partial charge in [-0.3, -0.25) is 9.59 Å². The Labute approximate surface area is 172 Å². The molecular formula is C20H24N4O6. The molecule has 2 amide bonds. The van der Waals surface area contributed by atoms with Gasteiger partial charge in [-0.05, 0) is 35.6 Å². The van der Waals surface area contributed by atoms with Crippen molar-refractivity contribution in [3.8, 4) is 0 Å². The summed E-state index contributed by atoms with van der Waals surface area (Å²) in [5.74, 6) is -7.63. The number of H-pyrrole nitrogens is 1. The molecule has 1 aromatic carbocycles. The number of fused-ring (bicyclic) bond motifs is 1. The first kappa shape index (κ1) is 22.6. The number of carbonyl (C=O) groups is 4. The molecule has 2 rings (SSSR count). The van der Waals surface area contributed by atoms with Gasteiger partial charge in [-0.2, -0.15) is 5.10 Å². The highest BCUT2D eigenvalue weighted by molar-refractivity contribution is 6.37. The fourth-order valence-corrected chi connectivity index (χ4v) is 3.01. The largest absolute Gasteiger partial charge is 0.481 e. The number of nitrogens with zero attached hydrogens (tertiary/aromatic N) is 1. The lowest BCUT2D eigenvalue weighted by atomic mass is 9.83. The van der Waals surface area contributed by atoms with Gasteiger partial charge in [0.05, 0.1) is 11.8 Å². The second-order valence-electron chi connectivity index (χ2n) is 6.69. The predicted molar refractivity (Wildman–Crippen MR) is 109 cm³/mol. The SMILES string of the molecule is CCCCCNC(=O)NN=CC(C(=O)C(=O)O)C(C(=O)O)c1ccc2[nH]ccc2c1. The lowest BCUT2D eigenvalue weighted by molar-refractivity contribution is -0.151. The zero-order valence-corrected chi connectivity index (χ0v) is 16.4. The predicted octanol–water partition coefficient (Wildman–Crippen LogP) is 2.08. The van der Waals surface area contributed by atoms with E-state index in [-0.39, 0.29) is 5.56 Å². The van der Waals surface area contributed by atoms with Gasteiger partial charge in [-0.1, -0.05) is 25.8 Å². The quantitative estimate of drug-likeness (QED) is 0.163. The molecule has 0 fully saturated rings. The van der Waals surface area contributed by atoms with E-state index in [2.05, 4.69) is 20.8 Å². The van der Waals surface area contributed by atoms with Crippen molar-refractivity contribution in [3.05, 3.63) is 36.0 Å². The summed E-state index contributed by atoms with van der Waals surface area (Å²) in [6.45, 7) is 2.46. The van der Waals surface area contributed by atoms with E-state index in [4.69, 9.17) is 5.11 Å². The van der Waals surface area contributed by atoms with Crippen molar-refractivity contribution in [2.45, 2.75) is 32.1 Å². The Morgan fingerprint density at radius 3 is 2.60 bits per heavy atom. The maximum atomic E-state index is 12.2. The number of hydrogen-bond donors (Lipinski definition) is 5. The van der Waals surface area contributed by atoms with Gasteiger partial charge < -0.3 is 20.5 Å². The number of urea groups is 1. The molecule has 5 N–H and O–H groups in total. The Morgan fingerprint density at radius 1 is 1.17 bits per heavy atom. The molecule has 30 heavy (non-hydrogen) atoms. The zero-order chi connectivity index (χ0) is 22.1. The Balaban J connectivity index is 2.22. The fraction of sp³-hybridized carbons (Fsp3) is 0.350. The van der Waals surface area contributed by atoms with Crippen molar-refractivity contribution < 1.29 is 29.4 Å². The van der Waals surface area contributed by atoms with E-state index in [0.29, 0.717) is 11.9 Å². The minimum Gasteiger partial charge on any atom is -0.481 e. The number of carbonyl (C=O) groups excluding carboxylic acids is 2. The van der Waals surface area contributed by atoms with E-state index in [1.807, 2.05) is 6.92 Å². The van der Waals surface area contributed by atoms with Crippen molar-refractivity contribution in [3.63, 3.8) is 0 Å². The summed E-state index contributed by atoms with van der Waals surface area (Å²) in [5, 5.41) is 25.7. The Morgan fingerprint density at radius 2 is 1.93 bits per heavy atom. The number of carboxylic acids is 2. The van der Waals surface area contributed by atoms with Crippen LogP contribution in [0.25, 0.3) is 10.9 Å². The summed E-state index contributed by atoms with van der Waals surface area (Å²) in [6.07, 6.45) is 5.25. The highest BCUT2D eigenvalue weighted by Crippen LogP contribution is 2.28. The molecule has 160 valence electrons. The van der Waals surface area contributed by atoms with Crippen LogP contribution < -0.4 is 10.7 Å². The lowest BCUT2D eigenvalue weighted by Crippen LogP contribution is -2.36. The third-order valence-electron chi connectivity index (χ3n) is 4.54. The van der Waals surface area contributed by atoms with E-state index < -0.39 is 35.6 Å². The highest BCUT2D eigenvalue weighted by atomic mass is 16.4. The number of nitrogens with one attached hydrogen (secondary N) is 3. The average Bonchev–Trinajstić information content (AvgIpc) is 3.17. The van der Waals surface area contributed by atoms with Gasteiger partial charge in [0.15, 0.2) is 0 Å². The van der Waals surface area contributed by atoms with Gasteiger partial charge in [-0.15, -0.1) is 0 Å². The van der Waals surface area contributed by atoms with Gasteiger partial charge in [0.2, 0.25) is 5.78 Å². The molecule has 1 aromatic heterocycles. The van der Waals surface area contributed by atoms with Crippen LogP contribution in [0.4, 0.5) is 4.79 Å². The first-order valence-electron chi connectivity index (χ1n) is 9.49. The van der Waals surface area contributed by atoms with Gasteiger partial charge in [0.25, 0.3) is 0 Å². The first-order chi connectivity index (χ1) is 14.3. The van der Waals surface area contributed by atoms with E-state index in [1.54, 1.807) is 24.4 Å². The molecule has 10 heteroatoms. The molecule has 0 aliphatic carbocycles. The Bertz CT molecular complexity index is 952. The van der Waals surface area contributed by atoms with Gasteiger partial charge in [0, 0.05) is 24.5 Å². The van der Waals surface area contributed by atoms with Crippen LogP contribution in [0.1, 0.15) is 37.7 Å². The average molecular weight is 416 g/mol. The smallest absolute Gasteiger partial charge is 0.372 e. The van der Waals surface area contributed by atoms with Crippen LogP contribution in [0.5, 0.6) is 0 Å². The van der Waals surface area contributed by atoms with Crippen molar-refractivity contribution >= 4 is 40.9 Å². The van der Waals surface area contributed by atoms with Crippen molar-refractivity contribution in [1.29, 1.82) is 0 Å². The minimum absolute atomic E-state index is 0.240. The number of hydrogen-bond acceptors (Lipinski definition) is 5. The first-order valence-corrected chi connectivity index (χ1v) is 9.49. The van der Waals surface area contributed by atoms with Crippen LogP contribution in [-0.2, 0) is 14.4 Å². The lowest BCUT2D eigenvalue weighted by Gasteiger charge is -2.18. The van der Waals surface area contributed by atoms with Gasteiger partial charge in [-0.25, -0.2) is 15.0 Å². The van der Waals surface area contributed by atoms with Crippen molar-refractivity contribution in [2.24, 2.45) is 11.0 Å². The third kappa shape index (κ3) is 5.90. The number of ketones is 1. The number of aromatic amines is 1. The molecule has 2 unspecified atom stereocenters. The van der Waals surface area contributed by atoms with Crippen LogP contribution in [0.15, 0.2) is 35.6 Å². The molecule has 2 atom stereocenters. The zero-order valence-electron chi connectivity index (χ0n) is 16.4. The summed E-state index contributed by atoms with van der Waals surface area (Å²) in [4.78, 5) is 50.1. The topological polar surface area (TPSA) is 161 Å². The van der Waals surface area contributed by atoms with Crippen LogP contribution >= 0.6 is 0 Å². The third-order valence-corrected chi connectivity index (χ3v) is 4.54. The highest BCUT2D eigenvalue weighted by Gasteiger charge is 2.37. The minimum atomic E-state index is -1.79. The number of hydrazone groups is 1. The molecule has 2 aromatic rings. The fourth-order valence-electron chi connectivity index (χ4n) is 3.01. The molecule has 0 saturated carbocycles. The summed E-state index contributed by atoms with van der Waals surface area (Å²) < 4.78 is 0. The number of unbranched alkanes of at least 4 members (excludes halogenated alkanes) is 2. The van der Waals surface area contributed by atoms with Crippen molar-refractivity contribution in [1.82, 2.24) is 15.7 Å². The van der Waals surface area contributed by atoms with E-state index in [1.165, 1.54) is 6.07 Å². The maximum Gasteiger partial charge on any atom is 0.372 e. The van der Waals surface area contributed by atoms with E-state index in [9.17, 15) is 24.3 Å². The molecule has 0 spiro atoms. The summed E-state index contributed by atoms with van der Waals surface area (Å²) in [6, 6.07) is 5.80. The molecule has 0 saturated heterocycles. The molecular weight excluding hydrogens is 392 g/mol. The normalized spacial score (nSPS) is 13.1. The van der Waals surface area contributed by atoms with Crippen LogP contribution in [0.2, 0.25) is 0 Å². The number of aromatic nitrogens is 1. The number of amides is 2. The van der Waals surface area contributed by atoms with E-state index in [0.717, 1.165) is 31.0 Å². The molecule has 0 radical (unpaired) electrons. The molecule has 1 heterocycles. The monoisotopic (exact) mass is 416 g/mol. The second kappa shape index (κ2) is 10.7. The molecule has 0 aliphatic rings. The maximum absolute atomic E-state index is 12.2. The number of aliphatic carboxylic acids is 2. The van der Waals surface area contributed by atoms with Crippen LogP contribution in [0.3, 0.4) is 0 Å². The van der Waals surface area contributed by atoms with Crippen LogP contribution in [0, 0.1) is 5.92 Å². The van der Waals surface area contributed by atoms with Crippen molar-refractivity contribution in [2.75, 3.05) is 6.54 Å². The number of rotatable bonds is 11. The second-order valence-corrected chi connectivity index (χ2v) is 6.69. The number of carboxylic acid groups (broad SMARTS) is 2. The summed E-state index contributed by atoms with van der Waals surface area (Å²) in [7, 11) is 0. The summed E-state index contributed by atoms with van der Waals surface area (Å²) in [5.41, 5.74) is 3.13. The molecule has 0 bridgehead atoms. The van der Waals surface area contributed by atoms with Gasteiger partial charge >= 0.3 is 18.0 Å². The van der Waals surface area contributed by atoms with E-state index >= 15 is 0 Å². The van der Waals surface area contributed by atoms with Crippen LogP contribution in [-0.4, -0.2) is 51.7 Å².